The van der Waals surface area contributed by atoms with Crippen LogP contribution in [0.25, 0.3) is 98.8 Å². The minimum absolute atomic E-state index is 0.0801. The van der Waals surface area contributed by atoms with Crippen molar-refractivity contribution in [2.45, 2.75) is 0 Å². The van der Waals surface area contributed by atoms with Crippen molar-refractivity contribution >= 4 is 54.3 Å². The quantitative estimate of drug-likeness (QED) is 0.176. The Hall–Kier alpha value is -6.44. The summed E-state index contributed by atoms with van der Waals surface area (Å²) in [7, 11) is 0. The van der Waals surface area contributed by atoms with Gasteiger partial charge in [0.25, 0.3) is 0 Å². The van der Waals surface area contributed by atoms with Crippen LogP contribution in [-0.2, 0) is 0 Å². The molecule has 0 aliphatic heterocycles. The maximum absolute atomic E-state index is 9.54. The first-order valence-electron chi connectivity index (χ1n) is 21.0. The summed E-state index contributed by atoms with van der Waals surface area (Å²) >= 11 is 0. The average Bonchev–Trinajstić information content (AvgIpc) is 3.66. The van der Waals surface area contributed by atoms with Gasteiger partial charge in [-0.15, -0.1) is 0 Å². The van der Waals surface area contributed by atoms with Crippen molar-refractivity contribution in [1.82, 2.24) is 0 Å². The van der Waals surface area contributed by atoms with E-state index >= 15 is 0 Å². The lowest BCUT2D eigenvalue weighted by Crippen LogP contribution is -1.91. The van der Waals surface area contributed by atoms with Crippen LogP contribution in [0, 0.1) is 0 Å². The van der Waals surface area contributed by atoms with Crippen molar-refractivity contribution < 1.29 is 18.1 Å². The van der Waals surface area contributed by atoms with Crippen molar-refractivity contribution in [3.63, 3.8) is 0 Å². The Labute approximate surface area is 298 Å². The van der Waals surface area contributed by atoms with E-state index in [1.54, 1.807) is 24.3 Å². The van der Waals surface area contributed by atoms with Crippen LogP contribution in [0.15, 0.2) is 186 Å². The Balaban J connectivity index is 1.35. The molecule has 0 N–H and O–H groups in total. The zero-order valence-corrected chi connectivity index (χ0v) is 26.0. The molecule has 10 rings (SSSR count). The van der Waals surface area contributed by atoms with Gasteiger partial charge in [-0.05, 0) is 95.0 Å². The molecule has 0 saturated carbocycles. The van der Waals surface area contributed by atoms with Gasteiger partial charge >= 0.3 is 0 Å². The summed E-state index contributed by atoms with van der Waals surface area (Å²) in [5, 5.41) is 4.33. The van der Waals surface area contributed by atoms with Crippen LogP contribution >= 0.6 is 0 Å². The molecule has 0 spiro atoms. The molecule has 228 valence electrons. The molecule has 0 aliphatic carbocycles. The van der Waals surface area contributed by atoms with Gasteiger partial charge < -0.3 is 4.42 Å². The van der Waals surface area contributed by atoms with Crippen LogP contribution in [0.1, 0.15) is 13.7 Å². The predicted molar refractivity (Wildman–Crippen MR) is 208 cm³/mol. The van der Waals surface area contributed by atoms with Gasteiger partial charge in [0.1, 0.15) is 11.2 Å². The van der Waals surface area contributed by atoms with Crippen LogP contribution in [-0.4, -0.2) is 0 Å². The maximum atomic E-state index is 9.54. The lowest BCUT2D eigenvalue weighted by atomic mass is 9.84. The predicted octanol–water partition coefficient (Wildman–Crippen LogP) is 13.7. The fourth-order valence-electron chi connectivity index (χ4n) is 7.07. The number of fused-ring (bicyclic) bond motifs is 6. The Morgan fingerprint density at radius 3 is 1.69 bits per heavy atom. The van der Waals surface area contributed by atoms with Crippen molar-refractivity contribution in [1.29, 1.82) is 0 Å². The topological polar surface area (TPSA) is 13.1 Å². The molecule has 10 aromatic rings. The molecule has 49 heavy (non-hydrogen) atoms. The summed E-state index contributed by atoms with van der Waals surface area (Å²) in [6.07, 6.45) is 0. The minimum Gasteiger partial charge on any atom is -0.456 e. The third-order valence-electron chi connectivity index (χ3n) is 9.25. The molecule has 1 nitrogen and oxygen atoms in total. The summed E-state index contributed by atoms with van der Waals surface area (Å²) in [5.74, 6) is 0. The van der Waals surface area contributed by atoms with E-state index in [4.69, 9.17) is 9.90 Å². The number of hydrogen-bond donors (Lipinski definition) is 0. The van der Waals surface area contributed by atoms with Crippen LogP contribution in [0.2, 0.25) is 0 Å². The highest BCUT2D eigenvalue weighted by molar-refractivity contribution is 6.25. The van der Waals surface area contributed by atoms with Crippen LogP contribution in [0.3, 0.4) is 0 Å². The van der Waals surface area contributed by atoms with Gasteiger partial charge in [-0.2, -0.15) is 0 Å². The van der Waals surface area contributed by atoms with E-state index in [1.165, 1.54) is 0 Å². The lowest BCUT2D eigenvalue weighted by molar-refractivity contribution is 0.669. The van der Waals surface area contributed by atoms with Gasteiger partial charge in [0, 0.05) is 10.8 Å². The van der Waals surface area contributed by atoms with Gasteiger partial charge in [-0.3, -0.25) is 0 Å². The van der Waals surface area contributed by atoms with E-state index in [0.29, 0.717) is 43.8 Å². The average molecular weight is 633 g/mol. The molecule has 1 aromatic heterocycles. The largest absolute Gasteiger partial charge is 0.456 e. The molecule has 0 aliphatic rings. The fraction of sp³-hybridized carbons (Fsp3) is 0. The summed E-state index contributed by atoms with van der Waals surface area (Å²) in [4.78, 5) is 0. The molecule has 1 heteroatoms. The molecule has 0 amide bonds. The van der Waals surface area contributed by atoms with Gasteiger partial charge in [0.15, 0.2) is 0 Å². The Morgan fingerprint density at radius 2 is 0.959 bits per heavy atom. The molecule has 1 heterocycles. The van der Waals surface area contributed by atoms with Crippen molar-refractivity contribution in [2.75, 3.05) is 0 Å². The first kappa shape index (κ1) is 19.4. The first-order chi connectivity index (χ1) is 28.5. The molecule has 9 aromatic carbocycles. The van der Waals surface area contributed by atoms with Gasteiger partial charge in [-0.25, -0.2) is 0 Å². The second-order valence-electron chi connectivity index (χ2n) is 12.0. The highest BCUT2D eigenvalue weighted by atomic mass is 16.3. The van der Waals surface area contributed by atoms with Crippen LogP contribution in [0.4, 0.5) is 0 Å². The minimum atomic E-state index is -0.417. The van der Waals surface area contributed by atoms with E-state index in [9.17, 15) is 8.22 Å². The number of rotatable bonds is 4. The number of furan rings is 1. The van der Waals surface area contributed by atoms with Crippen molar-refractivity contribution in [3.05, 3.63) is 182 Å². The first-order valence-corrected chi connectivity index (χ1v) is 16.0. The van der Waals surface area contributed by atoms with Crippen LogP contribution < -0.4 is 0 Å². The summed E-state index contributed by atoms with van der Waals surface area (Å²) in [6, 6.07) is 34.2. The molecule has 0 radical (unpaired) electrons. The third-order valence-corrected chi connectivity index (χ3v) is 9.25. The second kappa shape index (κ2) is 11.1. The highest BCUT2D eigenvalue weighted by Crippen LogP contribution is 2.47. The second-order valence-corrected chi connectivity index (χ2v) is 12.0. The molecular weight excluding hydrogens is 593 g/mol. The molecule has 0 unspecified atom stereocenters. The Morgan fingerprint density at radius 1 is 0.367 bits per heavy atom. The molecular formula is C48H30O. The molecule has 0 atom stereocenters. The zero-order chi connectivity index (χ0) is 41.0. The van der Waals surface area contributed by atoms with E-state index in [2.05, 4.69) is 0 Å². The SMILES string of the molecule is [2H]c1c([2H])c(-c2c3ccccc3c(-c3c([2H])c([2H])c([2H])c4oc5c([2H])c([2H])c(-c6ccccc6)c([2H])c5c34)c3ccccc23)c([2H])c([2H])c1-c1cccc2ccccc12. The molecule has 0 fully saturated rings. The third kappa shape index (κ3) is 4.40. The Kier molecular flexibility index (Phi) is 4.39. The number of hydrogen-bond acceptors (Lipinski definition) is 1. The number of benzene rings is 9. The van der Waals surface area contributed by atoms with Crippen molar-refractivity contribution in [3.8, 4) is 44.5 Å². The summed E-state index contributed by atoms with van der Waals surface area (Å²) in [5.41, 5.74) is 2.63. The molecule has 0 saturated heterocycles. The standard InChI is InChI=1S/C48H30O/c1-2-12-31(13-3-1)35-28-29-44-43(30-35)48-42(22-11-23-45(48)49-44)47-40-19-8-6-17-38(40)46(39-18-7-9-20-41(39)47)34-26-24-33(25-27-34)37-21-10-15-32-14-4-5-16-36(32)37/h1-30H/i11D,22D,23D,24D,25D,26D,27D,28D,29D,30D. The lowest BCUT2D eigenvalue weighted by Gasteiger charge is -2.18. The highest BCUT2D eigenvalue weighted by Gasteiger charge is 2.20. The maximum Gasteiger partial charge on any atom is 0.136 e. The van der Waals surface area contributed by atoms with E-state index in [1.807, 2.05) is 97.1 Å². The molecule has 0 bridgehead atoms. The fourth-order valence-corrected chi connectivity index (χ4v) is 7.07. The van der Waals surface area contributed by atoms with Gasteiger partial charge in [0.05, 0.1) is 13.7 Å². The van der Waals surface area contributed by atoms with E-state index < -0.39 is 6.04 Å². The Bertz CT molecular complexity index is 3360. The van der Waals surface area contributed by atoms with Crippen molar-refractivity contribution in [2.24, 2.45) is 0 Å². The summed E-state index contributed by atoms with van der Waals surface area (Å²) in [6.45, 7) is 0. The van der Waals surface area contributed by atoms with E-state index in [0.717, 1.165) is 10.8 Å². The zero-order valence-electron chi connectivity index (χ0n) is 36.0. The monoisotopic (exact) mass is 632 g/mol. The smallest absolute Gasteiger partial charge is 0.136 e. The van der Waals surface area contributed by atoms with E-state index in [-0.39, 0.29) is 98.6 Å². The summed E-state index contributed by atoms with van der Waals surface area (Å²) < 4.78 is 99.0. The van der Waals surface area contributed by atoms with Gasteiger partial charge in [0.2, 0.25) is 0 Å². The van der Waals surface area contributed by atoms with Gasteiger partial charge in [-0.1, -0.05) is 164 Å². The van der Waals surface area contributed by atoms with Crippen LogP contribution in [0.5, 0.6) is 0 Å². The normalized spacial score (nSPS) is 14.5.